The molecular formula is C24H15Cl3N4O3. The number of rotatable bonds is 6. The lowest BCUT2D eigenvalue weighted by atomic mass is 10.1. The lowest BCUT2D eigenvalue weighted by molar-refractivity contribution is 0.102. The highest BCUT2D eigenvalue weighted by Crippen LogP contribution is 2.35. The van der Waals surface area contributed by atoms with Crippen LogP contribution in [0.1, 0.15) is 21.7 Å². The van der Waals surface area contributed by atoms with Gasteiger partial charge in [0.05, 0.1) is 30.3 Å². The molecule has 10 heteroatoms. The molecule has 0 aliphatic carbocycles. The van der Waals surface area contributed by atoms with Gasteiger partial charge in [-0.1, -0.05) is 46.0 Å². The molecule has 0 amide bonds. The van der Waals surface area contributed by atoms with E-state index in [2.05, 4.69) is 15.1 Å². The minimum Gasteiger partial charge on any atom is -0.497 e. The highest BCUT2D eigenvalue weighted by atomic mass is 35.5. The number of ketones is 1. The van der Waals surface area contributed by atoms with Crippen molar-refractivity contribution in [3.63, 3.8) is 0 Å². The summed E-state index contributed by atoms with van der Waals surface area (Å²) < 4.78 is 12.5. The maximum Gasteiger partial charge on any atom is 0.259 e. The highest BCUT2D eigenvalue weighted by molar-refractivity contribution is 6.37. The van der Waals surface area contributed by atoms with E-state index in [4.69, 9.17) is 44.1 Å². The second-order valence-corrected chi connectivity index (χ2v) is 8.57. The molecule has 0 aliphatic rings. The van der Waals surface area contributed by atoms with Crippen molar-refractivity contribution in [1.82, 2.24) is 19.7 Å². The maximum atomic E-state index is 13.5. The third-order valence-electron chi connectivity index (χ3n) is 5.32. The van der Waals surface area contributed by atoms with Crippen LogP contribution in [0.25, 0.3) is 22.4 Å². The summed E-state index contributed by atoms with van der Waals surface area (Å²) in [7, 11) is 1.55. The first-order chi connectivity index (χ1) is 16.5. The molecule has 0 aliphatic heterocycles. The third kappa shape index (κ3) is 4.03. The van der Waals surface area contributed by atoms with E-state index in [9.17, 15) is 4.79 Å². The molecule has 0 atom stereocenters. The average Bonchev–Trinajstić information content (AvgIpc) is 3.44. The van der Waals surface area contributed by atoms with Gasteiger partial charge in [0.2, 0.25) is 11.6 Å². The molecule has 5 rings (SSSR count). The quantitative estimate of drug-likeness (QED) is 0.247. The Hall–Kier alpha value is -3.39. The molecule has 0 N–H and O–H groups in total. The van der Waals surface area contributed by atoms with E-state index in [1.807, 2.05) is 12.1 Å². The molecule has 7 nitrogen and oxygen atoms in total. The average molecular weight is 514 g/mol. The molecule has 0 unspecified atom stereocenters. The van der Waals surface area contributed by atoms with E-state index in [1.54, 1.807) is 60.5 Å². The third-order valence-corrected chi connectivity index (χ3v) is 6.30. The van der Waals surface area contributed by atoms with Crippen LogP contribution in [0.2, 0.25) is 15.2 Å². The molecule has 0 saturated carbocycles. The lowest BCUT2D eigenvalue weighted by Gasteiger charge is -2.10. The number of nitrogens with zero attached hydrogens (tertiary/aromatic N) is 4. The molecule has 0 radical (unpaired) electrons. The molecule has 34 heavy (non-hydrogen) atoms. The standard InChI is InChI=1S/C24H15Cl3N4O3/c1-33-16-6-7-19-17(10-16)20(22(27)31(19)12-14-4-5-15(25)9-18(14)26)21(32)23-29-24(34-30-23)13-3-2-8-28-11-13/h2-11H,12H2,1H3. The van der Waals surface area contributed by atoms with Crippen LogP contribution in [0.15, 0.2) is 65.4 Å². The van der Waals surface area contributed by atoms with Gasteiger partial charge in [-0.05, 0) is 48.0 Å². The van der Waals surface area contributed by atoms with Crippen molar-refractivity contribution in [2.24, 2.45) is 0 Å². The number of halogens is 3. The molecule has 170 valence electrons. The number of carbonyl (C=O) groups is 1. The van der Waals surface area contributed by atoms with Crippen molar-refractivity contribution < 1.29 is 14.1 Å². The highest BCUT2D eigenvalue weighted by Gasteiger charge is 2.27. The van der Waals surface area contributed by atoms with Gasteiger partial charge in [-0.3, -0.25) is 9.78 Å². The minimum absolute atomic E-state index is 0.118. The molecule has 3 aromatic heterocycles. The Kier molecular flexibility index (Phi) is 6.00. The molecule has 0 saturated heterocycles. The first kappa shape index (κ1) is 22.4. The van der Waals surface area contributed by atoms with Crippen LogP contribution in [-0.2, 0) is 6.54 Å². The lowest BCUT2D eigenvalue weighted by Crippen LogP contribution is -2.06. The Bertz CT molecular complexity index is 1530. The molecule has 3 heterocycles. The van der Waals surface area contributed by atoms with Crippen LogP contribution in [0.4, 0.5) is 0 Å². The first-order valence-corrected chi connectivity index (χ1v) is 11.2. The predicted molar refractivity (Wildman–Crippen MR) is 130 cm³/mol. The van der Waals surface area contributed by atoms with E-state index in [0.29, 0.717) is 33.3 Å². The summed E-state index contributed by atoms with van der Waals surface area (Å²) >= 11 is 19.2. The summed E-state index contributed by atoms with van der Waals surface area (Å²) in [5, 5.41) is 5.70. The van der Waals surface area contributed by atoms with Gasteiger partial charge < -0.3 is 13.8 Å². The fourth-order valence-corrected chi connectivity index (χ4v) is 4.46. The van der Waals surface area contributed by atoms with Crippen LogP contribution in [-0.4, -0.2) is 32.6 Å². The number of benzene rings is 2. The number of carbonyl (C=O) groups excluding carboxylic acids is 1. The van der Waals surface area contributed by atoms with Gasteiger partial charge in [-0.2, -0.15) is 4.98 Å². The topological polar surface area (TPSA) is 83.0 Å². The Morgan fingerprint density at radius 1 is 1.12 bits per heavy atom. The Labute approximate surface area is 208 Å². The van der Waals surface area contributed by atoms with Crippen molar-refractivity contribution >= 4 is 51.5 Å². The van der Waals surface area contributed by atoms with Crippen LogP contribution in [0, 0.1) is 0 Å². The smallest absolute Gasteiger partial charge is 0.259 e. The normalized spacial score (nSPS) is 11.2. The monoisotopic (exact) mass is 512 g/mol. The predicted octanol–water partition coefficient (Wildman–Crippen LogP) is 6.33. The SMILES string of the molecule is COc1ccc2c(c1)c(C(=O)c1noc(-c3cccnc3)n1)c(Cl)n2Cc1ccc(Cl)cc1Cl. The summed E-state index contributed by atoms with van der Waals surface area (Å²) in [6, 6.07) is 14.1. The second-order valence-electron chi connectivity index (χ2n) is 7.36. The van der Waals surface area contributed by atoms with Crippen LogP contribution in [0.3, 0.4) is 0 Å². The molecule has 0 bridgehead atoms. The van der Waals surface area contributed by atoms with Gasteiger partial charge in [0.25, 0.3) is 5.89 Å². The van der Waals surface area contributed by atoms with Crippen LogP contribution >= 0.6 is 34.8 Å². The summed E-state index contributed by atoms with van der Waals surface area (Å²) in [5.41, 5.74) is 2.34. The zero-order valence-corrected chi connectivity index (χ0v) is 19.9. The number of ether oxygens (including phenoxy) is 1. The van der Waals surface area contributed by atoms with E-state index >= 15 is 0 Å². The fourth-order valence-electron chi connectivity index (χ4n) is 3.65. The summed E-state index contributed by atoms with van der Waals surface area (Å²) in [6.07, 6.45) is 3.20. The minimum atomic E-state index is -0.483. The van der Waals surface area contributed by atoms with Crippen LogP contribution in [0.5, 0.6) is 5.75 Å². The van der Waals surface area contributed by atoms with Crippen LogP contribution < -0.4 is 4.74 Å². The Balaban J connectivity index is 1.62. The van der Waals surface area contributed by atoms with Gasteiger partial charge in [0, 0.05) is 27.8 Å². The maximum absolute atomic E-state index is 13.5. The van der Waals surface area contributed by atoms with E-state index in [-0.39, 0.29) is 22.4 Å². The number of aromatic nitrogens is 4. The summed E-state index contributed by atoms with van der Waals surface area (Å²) in [4.78, 5) is 21.8. The fraction of sp³-hybridized carbons (Fsp3) is 0.0833. The molecular weight excluding hydrogens is 499 g/mol. The summed E-state index contributed by atoms with van der Waals surface area (Å²) in [6.45, 7) is 0.318. The number of fused-ring (bicyclic) bond motifs is 1. The van der Waals surface area contributed by atoms with Gasteiger partial charge in [-0.15, -0.1) is 0 Å². The van der Waals surface area contributed by atoms with Crippen molar-refractivity contribution in [2.45, 2.75) is 6.54 Å². The first-order valence-electron chi connectivity index (χ1n) is 10.0. The van der Waals surface area contributed by atoms with Gasteiger partial charge in [-0.25, -0.2) is 0 Å². The number of methoxy groups -OCH3 is 1. The molecule has 0 fully saturated rings. The van der Waals surface area contributed by atoms with E-state index < -0.39 is 5.78 Å². The largest absolute Gasteiger partial charge is 0.497 e. The second kappa shape index (κ2) is 9.10. The molecule has 5 aromatic rings. The van der Waals surface area contributed by atoms with Gasteiger partial charge >= 0.3 is 0 Å². The van der Waals surface area contributed by atoms with Crippen molar-refractivity contribution in [3.05, 3.63) is 93.1 Å². The molecule has 0 spiro atoms. The van der Waals surface area contributed by atoms with E-state index in [0.717, 1.165) is 11.1 Å². The zero-order chi connectivity index (χ0) is 23.8. The van der Waals surface area contributed by atoms with Gasteiger partial charge in [0.1, 0.15) is 10.9 Å². The van der Waals surface area contributed by atoms with Crippen molar-refractivity contribution in [2.75, 3.05) is 7.11 Å². The zero-order valence-electron chi connectivity index (χ0n) is 17.6. The summed E-state index contributed by atoms with van der Waals surface area (Å²) in [5.74, 6) is 0.154. The Morgan fingerprint density at radius 3 is 2.71 bits per heavy atom. The Morgan fingerprint density at radius 2 is 1.97 bits per heavy atom. The van der Waals surface area contributed by atoms with Gasteiger partial charge in [0.15, 0.2) is 0 Å². The van der Waals surface area contributed by atoms with Crippen molar-refractivity contribution in [3.8, 4) is 17.2 Å². The molecule has 2 aromatic carbocycles. The van der Waals surface area contributed by atoms with Crippen molar-refractivity contribution in [1.29, 1.82) is 0 Å². The number of hydrogen-bond donors (Lipinski definition) is 0. The number of hydrogen-bond acceptors (Lipinski definition) is 6. The van der Waals surface area contributed by atoms with E-state index in [1.165, 1.54) is 0 Å². The number of pyridine rings is 1.